The fraction of sp³-hybridized carbons (Fsp3) is 0.231. The van der Waals surface area contributed by atoms with Crippen LogP contribution in [0.2, 0.25) is 0 Å². The molecule has 2 aromatic rings. The van der Waals surface area contributed by atoms with E-state index >= 15 is 0 Å². The lowest BCUT2D eigenvalue weighted by atomic mass is 9.93. The summed E-state index contributed by atoms with van der Waals surface area (Å²) in [5.41, 5.74) is -0.177. The van der Waals surface area contributed by atoms with E-state index in [-0.39, 0.29) is 6.61 Å². The molecular formula is C13H14O2S. The van der Waals surface area contributed by atoms with Gasteiger partial charge in [-0.15, -0.1) is 11.3 Å². The van der Waals surface area contributed by atoms with E-state index in [1.165, 1.54) is 11.3 Å². The van der Waals surface area contributed by atoms with E-state index < -0.39 is 5.60 Å². The Bertz CT molecular complexity index is 424. The molecule has 0 saturated heterocycles. The van der Waals surface area contributed by atoms with Crippen LogP contribution in [0.3, 0.4) is 0 Å². The minimum atomic E-state index is -1.04. The first-order valence-corrected chi connectivity index (χ1v) is 5.96. The van der Waals surface area contributed by atoms with Crippen molar-refractivity contribution < 1.29 is 9.84 Å². The zero-order chi connectivity index (χ0) is 11.4. The predicted molar refractivity (Wildman–Crippen MR) is 65.6 cm³/mol. The molecular weight excluding hydrogens is 220 g/mol. The van der Waals surface area contributed by atoms with Gasteiger partial charge < -0.3 is 9.84 Å². The van der Waals surface area contributed by atoms with Crippen molar-refractivity contribution in [2.45, 2.75) is 5.60 Å². The van der Waals surface area contributed by atoms with E-state index in [0.29, 0.717) is 0 Å². The average molecular weight is 234 g/mol. The average Bonchev–Trinajstić information content (AvgIpc) is 2.84. The third-order valence-electron chi connectivity index (χ3n) is 2.53. The summed E-state index contributed by atoms with van der Waals surface area (Å²) in [7, 11) is 1.60. The molecule has 1 aromatic heterocycles. The van der Waals surface area contributed by atoms with Gasteiger partial charge in [0.15, 0.2) is 0 Å². The van der Waals surface area contributed by atoms with Gasteiger partial charge in [0.2, 0.25) is 0 Å². The van der Waals surface area contributed by atoms with E-state index in [9.17, 15) is 5.11 Å². The van der Waals surface area contributed by atoms with Crippen LogP contribution >= 0.6 is 11.3 Å². The van der Waals surface area contributed by atoms with Gasteiger partial charge in [-0.05, 0) is 17.0 Å². The highest BCUT2D eigenvalue weighted by molar-refractivity contribution is 7.10. The molecule has 2 rings (SSSR count). The lowest BCUT2D eigenvalue weighted by Crippen LogP contribution is -2.31. The summed E-state index contributed by atoms with van der Waals surface area (Å²) in [4.78, 5) is 0.903. The molecule has 0 radical (unpaired) electrons. The topological polar surface area (TPSA) is 29.5 Å². The number of aliphatic hydroxyl groups is 1. The maximum atomic E-state index is 10.7. The number of hydrogen-bond donors (Lipinski definition) is 1. The summed E-state index contributed by atoms with van der Waals surface area (Å²) in [6.45, 7) is 0.261. The zero-order valence-corrected chi connectivity index (χ0v) is 9.91. The number of benzene rings is 1. The van der Waals surface area contributed by atoms with Gasteiger partial charge in [0.1, 0.15) is 5.60 Å². The summed E-state index contributed by atoms with van der Waals surface area (Å²) in [5, 5.41) is 12.7. The van der Waals surface area contributed by atoms with E-state index in [1.807, 2.05) is 47.8 Å². The summed E-state index contributed by atoms with van der Waals surface area (Å²) < 4.78 is 5.14. The van der Waals surface area contributed by atoms with Crippen LogP contribution in [-0.2, 0) is 10.3 Å². The second kappa shape index (κ2) is 4.78. The number of methoxy groups -OCH3 is 1. The second-order valence-electron chi connectivity index (χ2n) is 3.64. The molecule has 2 nitrogen and oxygen atoms in total. The van der Waals surface area contributed by atoms with Crippen LogP contribution in [0.5, 0.6) is 0 Å². The van der Waals surface area contributed by atoms with Crippen molar-refractivity contribution in [3.05, 3.63) is 58.3 Å². The Hall–Kier alpha value is -1.16. The Morgan fingerprint density at radius 1 is 1.19 bits per heavy atom. The van der Waals surface area contributed by atoms with Crippen molar-refractivity contribution in [2.24, 2.45) is 0 Å². The zero-order valence-electron chi connectivity index (χ0n) is 9.09. The highest BCUT2D eigenvalue weighted by Gasteiger charge is 2.32. The van der Waals surface area contributed by atoms with Crippen LogP contribution in [0.15, 0.2) is 47.8 Å². The van der Waals surface area contributed by atoms with Crippen LogP contribution in [0.1, 0.15) is 10.4 Å². The Morgan fingerprint density at radius 2 is 1.94 bits per heavy atom. The third kappa shape index (κ3) is 2.02. The second-order valence-corrected chi connectivity index (χ2v) is 4.58. The molecule has 1 aromatic carbocycles. The lowest BCUT2D eigenvalue weighted by molar-refractivity contribution is -0.000615. The molecule has 0 amide bonds. The van der Waals surface area contributed by atoms with Crippen molar-refractivity contribution in [1.82, 2.24) is 0 Å². The fourth-order valence-corrected chi connectivity index (χ4v) is 2.57. The van der Waals surface area contributed by atoms with Gasteiger partial charge >= 0.3 is 0 Å². The molecule has 0 bridgehead atoms. The minimum Gasteiger partial charge on any atom is -0.381 e. The molecule has 84 valence electrons. The van der Waals surface area contributed by atoms with E-state index in [2.05, 4.69) is 0 Å². The molecule has 16 heavy (non-hydrogen) atoms. The van der Waals surface area contributed by atoms with Crippen LogP contribution in [0.25, 0.3) is 0 Å². The van der Waals surface area contributed by atoms with Gasteiger partial charge in [-0.2, -0.15) is 0 Å². The molecule has 1 atom stereocenters. The lowest BCUT2D eigenvalue weighted by Gasteiger charge is -2.26. The Morgan fingerprint density at radius 3 is 2.50 bits per heavy atom. The van der Waals surface area contributed by atoms with E-state index in [1.54, 1.807) is 7.11 Å². The van der Waals surface area contributed by atoms with Crippen molar-refractivity contribution in [3.63, 3.8) is 0 Å². The molecule has 0 spiro atoms. The Kier molecular flexibility index (Phi) is 3.39. The largest absolute Gasteiger partial charge is 0.381 e. The minimum absolute atomic E-state index is 0.261. The molecule has 1 N–H and O–H groups in total. The van der Waals surface area contributed by atoms with E-state index in [0.717, 1.165) is 10.4 Å². The monoisotopic (exact) mass is 234 g/mol. The highest BCUT2D eigenvalue weighted by Crippen LogP contribution is 2.32. The maximum Gasteiger partial charge on any atom is 0.147 e. The summed E-state index contributed by atoms with van der Waals surface area (Å²) in [6, 6.07) is 13.5. The first-order chi connectivity index (χ1) is 7.77. The Balaban J connectivity index is 2.44. The molecule has 0 aliphatic carbocycles. The predicted octanol–water partition coefficient (Wildman–Crippen LogP) is 2.63. The standard InChI is InChI=1S/C13H14O2S/c1-15-10-13(14,12-8-5-9-16-12)11-6-3-2-4-7-11/h2-9,14H,10H2,1H3. The van der Waals surface area contributed by atoms with Gasteiger partial charge in [0.05, 0.1) is 6.61 Å². The van der Waals surface area contributed by atoms with Crippen LogP contribution < -0.4 is 0 Å². The number of thiophene rings is 1. The third-order valence-corrected chi connectivity index (χ3v) is 3.55. The SMILES string of the molecule is COCC(O)(c1ccccc1)c1cccs1. The van der Waals surface area contributed by atoms with Gasteiger partial charge in [-0.3, -0.25) is 0 Å². The fourth-order valence-electron chi connectivity index (χ4n) is 1.73. The first-order valence-electron chi connectivity index (χ1n) is 5.08. The van der Waals surface area contributed by atoms with Gasteiger partial charge in [-0.1, -0.05) is 36.4 Å². The van der Waals surface area contributed by atoms with Gasteiger partial charge in [-0.25, -0.2) is 0 Å². The first kappa shape index (κ1) is 11.3. The van der Waals surface area contributed by atoms with Crippen LogP contribution in [-0.4, -0.2) is 18.8 Å². The smallest absolute Gasteiger partial charge is 0.147 e. The van der Waals surface area contributed by atoms with Crippen molar-refractivity contribution in [3.8, 4) is 0 Å². The summed E-state index contributed by atoms with van der Waals surface area (Å²) in [6.07, 6.45) is 0. The van der Waals surface area contributed by atoms with Gasteiger partial charge in [0, 0.05) is 12.0 Å². The number of ether oxygens (including phenoxy) is 1. The maximum absolute atomic E-state index is 10.7. The molecule has 1 heterocycles. The van der Waals surface area contributed by atoms with Crippen LogP contribution in [0.4, 0.5) is 0 Å². The molecule has 0 saturated carbocycles. The molecule has 3 heteroatoms. The Labute approximate surface area is 99.1 Å². The van der Waals surface area contributed by atoms with Crippen molar-refractivity contribution in [2.75, 3.05) is 13.7 Å². The summed E-state index contributed by atoms with van der Waals surface area (Å²) >= 11 is 1.53. The summed E-state index contributed by atoms with van der Waals surface area (Å²) in [5.74, 6) is 0. The van der Waals surface area contributed by atoms with Crippen molar-refractivity contribution in [1.29, 1.82) is 0 Å². The molecule has 0 aliphatic heterocycles. The molecule has 1 unspecified atom stereocenters. The van der Waals surface area contributed by atoms with Crippen molar-refractivity contribution >= 4 is 11.3 Å². The highest BCUT2D eigenvalue weighted by atomic mass is 32.1. The normalized spacial score (nSPS) is 14.6. The molecule has 0 fully saturated rings. The molecule has 0 aliphatic rings. The van der Waals surface area contributed by atoms with E-state index in [4.69, 9.17) is 4.74 Å². The quantitative estimate of drug-likeness (QED) is 0.881. The van der Waals surface area contributed by atoms with Crippen LogP contribution in [0, 0.1) is 0 Å². The number of rotatable bonds is 4. The number of hydrogen-bond acceptors (Lipinski definition) is 3. The van der Waals surface area contributed by atoms with Gasteiger partial charge in [0.25, 0.3) is 0 Å².